The number of thiophene rings is 1. The molecule has 3 rings (SSSR count). The van der Waals surface area contributed by atoms with Crippen LogP contribution in [0.2, 0.25) is 0 Å². The van der Waals surface area contributed by atoms with Crippen molar-refractivity contribution in [3.05, 3.63) is 47.6 Å². The smallest absolute Gasteiger partial charge is 0.274 e. The van der Waals surface area contributed by atoms with E-state index in [4.69, 9.17) is 8.83 Å². The zero-order valence-corrected chi connectivity index (χ0v) is 12.1. The summed E-state index contributed by atoms with van der Waals surface area (Å²) in [5.41, 5.74) is 0. The van der Waals surface area contributed by atoms with Crippen molar-refractivity contribution in [3.63, 3.8) is 0 Å². The lowest BCUT2D eigenvalue weighted by Crippen LogP contribution is -2.85. The van der Waals surface area contributed by atoms with Gasteiger partial charge in [-0.1, -0.05) is 6.07 Å². The maximum Gasteiger partial charge on any atom is 0.274 e. The van der Waals surface area contributed by atoms with Crippen LogP contribution in [-0.2, 0) is 0 Å². The maximum absolute atomic E-state index is 5.73. The van der Waals surface area contributed by atoms with Crippen LogP contribution in [0.15, 0.2) is 44.7 Å². The van der Waals surface area contributed by atoms with Crippen LogP contribution in [0, 0.1) is 0 Å². The van der Waals surface area contributed by atoms with Gasteiger partial charge >= 0.3 is 0 Å². The minimum absolute atomic E-state index is 0.0799. The Hall–Kier alpha value is -1.92. The highest BCUT2D eigenvalue weighted by molar-refractivity contribution is 7.13. The van der Waals surface area contributed by atoms with Gasteiger partial charge in [0.15, 0.2) is 11.8 Å². The van der Waals surface area contributed by atoms with Gasteiger partial charge < -0.3 is 14.2 Å². The predicted molar refractivity (Wildman–Crippen MR) is 75.1 cm³/mol. The number of hydrogen-bond acceptors (Lipinski definition) is 5. The largest absolute Gasteiger partial charge is 0.463 e. The molecule has 0 amide bonds. The Kier molecular flexibility index (Phi) is 3.66. The number of hydrogen-bond donors (Lipinski definition) is 1. The first kappa shape index (κ1) is 13.1. The van der Waals surface area contributed by atoms with Gasteiger partial charge in [-0.05, 0) is 37.4 Å². The first-order chi connectivity index (χ1) is 9.74. The van der Waals surface area contributed by atoms with E-state index in [2.05, 4.69) is 22.4 Å². The van der Waals surface area contributed by atoms with Gasteiger partial charge in [0.2, 0.25) is 0 Å². The fourth-order valence-electron chi connectivity index (χ4n) is 2.08. The summed E-state index contributed by atoms with van der Waals surface area (Å²) >= 11 is 1.59. The number of nitrogens with two attached hydrogens (primary N) is 1. The second kappa shape index (κ2) is 5.60. The van der Waals surface area contributed by atoms with Crippen LogP contribution in [0.5, 0.6) is 0 Å². The number of nitrogens with zero attached hydrogens (tertiary/aromatic N) is 2. The predicted octanol–water partition coefficient (Wildman–Crippen LogP) is 2.78. The van der Waals surface area contributed by atoms with Gasteiger partial charge in [0.1, 0.15) is 6.04 Å². The molecule has 104 valence electrons. The molecule has 0 saturated heterocycles. The number of rotatable bonds is 5. The quantitative estimate of drug-likeness (QED) is 0.784. The molecule has 0 unspecified atom stereocenters. The molecule has 5 nitrogen and oxygen atoms in total. The van der Waals surface area contributed by atoms with Gasteiger partial charge in [-0.25, -0.2) is 0 Å². The van der Waals surface area contributed by atoms with Crippen LogP contribution in [0.3, 0.4) is 0 Å². The van der Waals surface area contributed by atoms with Crippen molar-refractivity contribution in [2.75, 3.05) is 0 Å². The summed E-state index contributed by atoms with van der Waals surface area (Å²) in [5, 5.41) is 12.4. The van der Waals surface area contributed by atoms with E-state index in [0.29, 0.717) is 11.8 Å². The van der Waals surface area contributed by atoms with Crippen LogP contribution >= 0.6 is 11.3 Å². The molecule has 20 heavy (non-hydrogen) atoms. The Morgan fingerprint density at radius 2 is 2.05 bits per heavy atom. The topological polar surface area (TPSA) is 68.7 Å². The first-order valence-electron chi connectivity index (χ1n) is 6.49. The number of furan rings is 1. The van der Waals surface area contributed by atoms with Gasteiger partial charge in [0, 0.05) is 0 Å². The summed E-state index contributed by atoms with van der Waals surface area (Å²) in [6.07, 6.45) is 1.69. The number of quaternary nitrogens is 1. The standard InChI is InChI=1S/C14H15N3O2S/c1-9(11-5-3-7-18-11)15-10(2)13-16-17-14(19-13)12-6-4-8-20-12/h3-10,15H,1-2H3/p+1/t9-,10-/m1/s1. The second-order valence-electron chi connectivity index (χ2n) is 4.71. The monoisotopic (exact) mass is 290 g/mol. The van der Waals surface area contributed by atoms with Crippen LogP contribution in [0.25, 0.3) is 10.8 Å². The number of aromatic nitrogens is 2. The summed E-state index contributed by atoms with van der Waals surface area (Å²) in [4.78, 5) is 0.995. The van der Waals surface area contributed by atoms with Crippen molar-refractivity contribution >= 4 is 11.3 Å². The van der Waals surface area contributed by atoms with E-state index in [9.17, 15) is 0 Å². The van der Waals surface area contributed by atoms with Crippen LogP contribution in [0.4, 0.5) is 0 Å². The highest BCUT2D eigenvalue weighted by Gasteiger charge is 2.22. The highest BCUT2D eigenvalue weighted by Crippen LogP contribution is 2.24. The molecule has 0 fully saturated rings. The summed E-state index contributed by atoms with van der Waals surface area (Å²) in [6.45, 7) is 4.14. The summed E-state index contributed by atoms with van der Waals surface area (Å²) in [7, 11) is 0. The Labute approximate surface area is 120 Å². The molecule has 3 aromatic rings. The highest BCUT2D eigenvalue weighted by atomic mass is 32.1. The van der Waals surface area contributed by atoms with E-state index in [0.717, 1.165) is 10.6 Å². The lowest BCUT2D eigenvalue weighted by Gasteiger charge is -2.11. The molecule has 0 aliphatic carbocycles. The van der Waals surface area contributed by atoms with Gasteiger partial charge in [-0.3, -0.25) is 0 Å². The van der Waals surface area contributed by atoms with E-state index in [-0.39, 0.29) is 12.1 Å². The molecule has 0 aliphatic heterocycles. The molecule has 2 atom stereocenters. The molecule has 3 aromatic heterocycles. The zero-order chi connectivity index (χ0) is 13.9. The van der Waals surface area contributed by atoms with Gasteiger partial charge in [0.05, 0.1) is 11.1 Å². The molecule has 0 radical (unpaired) electrons. The average Bonchev–Trinajstić information content (AvgIpc) is 3.19. The molecular weight excluding hydrogens is 274 g/mol. The Morgan fingerprint density at radius 3 is 2.75 bits per heavy atom. The Balaban J connectivity index is 1.70. The molecule has 0 bridgehead atoms. The average molecular weight is 290 g/mol. The van der Waals surface area contributed by atoms with E-state index >= 15 is 0 Å². The van der Waals surface area contributed by atoms with Crippen molar-refractivity contribution in [1.29, 1.82) is 0 Å². The summed E-state index contributed by atoms with van der Waals surface area (Å²) in [6, 6.07) is 8.10. The van der Waals surface area contributed by atoms with Crippen LogP contribution in [0.1, 0.15) is 37.6 Å². The lowest BCUT2D eigenvalue weighted by atomic mass is 10.2. The third kappa shape index (κ3) is 2.66. The second-order valence-corrected chi connectivity index (χ2v) is 5.66. The van der Waals surface area contributed by atoms with Crippen molar-refractivity contribution < 1.29 is 14.2 Å². The first-order valence-corrected chi connectivity index (χ1v) is 7.37. The van der Waals surface area contributed by atoms with Gasteiger partial charge in [-0.15, -0.1) is 21.5 Å². The van der Waals surface area contributed by atoms with Gasteiger partial charge in [-0.2, -0.15) is 0 Å². The molecule has 0 spiro atoms. The summed E-state index contributed by atoms with van der Waals surface area (Å²) < 4.78 is 11.1. The Bertz CT molecular complexity index is 646. The van der Waals surface area contributed by atoms with Crippen molar-refractivity contribution in [2.24, 2.45) is 0 Å². The summed E-state index contributed by atoms with van der Waals surface area (Å²) in [5.74, 6) is 2.16. The molecule has 0 aliphatic rings. The molecule has 6 heteroatoms. The fourth-order valence-corrected chi connectivity index (χ4v) is 2.72. The molecule has 3 heterocycles. The molecule has 2 N–H and O–H groups in total. The maximum atomic E-state index is 5.73. The molecule has 0 saturated carbocycles. The van der Waals surface area contributed by atoms with Gasteiger partial charge in [0.25, 0.3) is 11.8 Å². The zero-order valence-electron chi connectivity index (χ0n) is 11.3. The third-order valence-electron chi connectivity index (χ3n) is 3.13. The van der Waals surface area contributed by atoms with Crippen molar-refractivity contribution in [2.45, 2.75) is 25.9 Å². The SMILES string of the molecule is C[C@@H]([NH2+][C@H](C)c1nnc(-c2cccs2)o1)c1ccco1. The third-order valence-corrected chi connectivity index (χ3v) is 3.99. The minimum Gasteiger partial charge on any atom is -0.463 e. The van der Waals surface area contributed by atoms with Crippen molar-refractivity contribution in [3.8, 4) is 10.8 Å². The van der Waals surface area contributed by atoms with E-state index in [1.807, 2.05) is 36.6 Å². The van der Waals surface area contributed by atoms with Crippen LogP contribution in [-0.4, -0.2) is 10.2 Å². The van der Waals surface area contributed by atoms with Crippen molar-refractivity contribution in [1.82, 2.24) is 10.2 Å². The van der Waals surface area contributed by atoms with E-state index in [1.54, 1.807) is 17.6 Å². The normalized spacial score (nSPS) is 14.3. The van der Waals surface area contributed by atoms with E-state index < -0.39 is 0 Å². The molecule has 0 aromatic carbocycles. The molecular formula is C14H16N3O2S+. The minimum atomic E-state index is 0.0799. The van der Waals surface area contributed by atoms with E-state index in [1.165, 1.54) is 0 Å². The van der Waals surface area contributed by atoms with Crippen LogP contribution < -0.4 is 5.32 Å². The lowest BCUT2D eigenvalue weighted by molar-refractivity contribution is -0.732. The Morgan fingerprint density at radius 1 is 1.15 bits per heavy atom. The fraction of sp³-hybridized carbons (Fsp3) is 0.286.